The van der Waals surface area contributed by atoms with Crippen LogP contribution >= 0.6 is 0 Å². The lowest BCUT2D eigenvalue weighted by molar-refractivity contribution is -0.158. The Bertz CT molecular complexity index is 502. The first-order valence-corrected chi connectivity index (χ1v) is 6.99. The van der Waals surface area contributed by atoms with Gasteiger partial charge < -0.3 is 19.5 Å². The molecule has 1 aromatic rings. The largest absolute Gasteiger partial charge is 0.388 e. The molecule has 1 N–H and O–H groups in total. The van der Waals surface area contributed by atoms with Gasteiger partial charge in [-0.15, -0.1) is 0 Å². The van der Waals surface area contributed by atoms with Crippen LogP contribution in [0.4, 0.5) is 0 Å². The normalized spacial score (nSPS) is 25.9. The van der Waals surface area contributed by atoms with E-state index in [1.807, 2.05) is 19.9 Å². The monoisotopic (exact) mass is 297 g/mol. The highest BCUT2D eigenvalue weighted by Crippen LogP contribution is 2.16. The molecule has 0 spiro atoms. The summed E-state index contributed by atoms with van der Waals surface area (Å²) in [7, 11) is 3.20. The number of aryl methyl sites for hydroxylation is 2. The van der Waals surface area contributed by atoms with Crippen LogP contribution in [0, 0.1) is 13.8 Å². The van der Waals surface area contributed by atoms with E-state index in [1.165, 1.54) is 12.0 Å². The first kappa shape index (κ1) is 15.9. The number of amides is 1. The van der Waals surface area contributed by atoms with Crippen molar-refractivity contribution in [1.82, 2.24) is 14.7 Å². The fourth-order valence-corrected chi connectivity index (χ4v) is 2.56. The number of rotatable bonds is 4. The van der Waals surface area contributed by atoms with Crippen LogP contribution in [-0.2, 0) is 20.8 Å². The van der Waals surface area contributed by atoms with Crippen LogP contribution in [-0.4, -0.2) is 71.3 Å². The van der Waals surface area contributed by atoms with Gasteiger partial charge in [-0.3, -0.25) is 9.48 Å². The molecule has 0 unspecified atom stereocenters. The van der Waals surface area contributed by atoms with Crippen molar-refractivity contribution < 1.29 is 19.4 Å². The maximum Gasteiger partial charge on any atom is 0.244 e. The van der Waals surface area contributed by atoms with Crippen molar-refractivity contribution in [2.75, 3.05) is 27.4 Å². The second-order valence-electron chi connectivity index (χ2n) is 5.46. The Labute approximate surface area is 124 Å². The van der Waals surface area contributed by atoms with E-state index in [0.29, 0.717) is 13.2 Å². The van der Waals surface area contributed by atoms with Gasteiger partial charge in [0.2, 0.25) is 5.91 Å². The topological polar surface area (TPSA) is 76.8 Å². The van der Waals surface area contributed by atoms with Gasteiger partial charge in [-0.05, 0) is 19.9 Å². The van der Waals surface area contributed by atoms with Crippen LogP contribution < -0.4 is 0 Å². The fraction of sp³-hybridized carbons (Fsp3) is 0.714. The molecule has 0 aliphatic carbocycles. The number of aliphatic hydroxyl groups excluding tert-OH is 1. The van der Waals surface area contributed by atoms with Gasteiger partial charge in [0.05, 0.1) is 24.9 Å². The van der Waals surface area contributed by atoms with Crippen LogP contribution in [0.3, 0.4) is 0 Å². The smallest absolute Gasteiger partial charge is 0.244 e. The van der Waals surface area contributed by atoms with Crippen molar-refractivity contribution in [1.29, 1.82) is 0 Å². The zero-order valence-electron chi connectivity index (χ0n) is 12.9. The molecular formula is C14H23N3O4. The predicted octanol–water partition coefficient (Wildman–Crippen LogP) is -0.267. The molecule has 1 aliphatic heterocycles. The number of carbonyl (C=O) groups excluding carboxylic acids is 1. The Morgan fingerprint density at radius 3 is 2.86 bits per heavy atom. The summed E-state index contributed by atoms with van der Waals surface area (Å²) in [5, 5.41) is 14.5. The van der Waals surface area contributed by atoms with Crippen LogP contribution in [0.5, 0.6) is 0 Å². The van der Waals surface area contributed by atoms with E-state index >= 15 is 0 Å². The molecule has 7 nitrogen and oxygen atoms in total. The van der Waals surface area contributed by atoms with E-state index in [4.69, 9.17) is 9.47 Å². The highest BCUT2D eigenvalue weighted by molar-refractivity contribution is 5.76. The van der Waals surface area contributed by atoms with Crippen LogP contribution in [0.15, 0.2) is 6.07 Å². The van der Waals surface area contributed by atoms with Gasteiger partial charge in [-0.1, -0.05) is 0 Å². The average molecular weight is 297 g/mol. The minimum atomic E-state index is -0.752. The van der Waals surface area contributed by atoms with Crippen molar-refractivity contribution >= 4 is 5.91 Å². The fourth-order valence-electron chi connectivity index (χ4n) is 2.56. The maximum atomic E-state index is 12.4. The van der Waals surface area contributed by atoms with Gasteiger partial charge in [0.1, 0.15) is 18.8 Å². The number of hydrogen-bond donors (Lipinski definition) is 1. The Hall–Kier alpha value is -1.44. The van der Waals surface area contributed by atoms with Crippen molar-refractivity contribution in [2.24, 2.45) is 0 Å². The van der Waals surface area contributed by atoms with E-state index in [2.05, 4.69) is 5.10 Å². The summed E-state index contributed by atoms with van der Waals surface area (Å²) in [5.41, 5.74) is 1.81. The summed E-state index contributed by atoms with van der Waals surface area (Å²) < 4.78 is 12.2. The molecule has 2 heterocycles. The number of ether oxygens (including phenoxy) is 2. The summed E-state index contributed by atoms with van der Waals surface area (Å²) in [6.07, 6.45) is -1.16. The first-order chi connectivity index (χ1) is 9.93. The zero-order valence-corrected chi connectivity index (χ0v) is 12.9. The third kappa shape index (κ3) is 3.42. The SMILES string of the molecule is CO[C@@H]1COC[C@@H](N(C)C(=O)Cn2nc(C)cc2C)[C@@H]1O. The molecular weight excluding hydrogens is 274 g/mol. The van der Waals surface area contributed by atoms with Crippen LogP contribution in [0.1, 0.15) is 11.4 Å². The number of aliphatic hydroxyl groups is 1. The quantitative estimate of drug-likeness (QED) is 0.828. The molecule has 1 amide bonds. The number of aromatic nitrogens is 2. The van der Waals surface area contributed by atoms with E-state index in [0.717, 1.165) is 11.4 Å². The van der Waals surface area contributed by atoms with Gasteiger partial charge in [0.25, 0.3) is 0 Å². The predicted molar refractivity (Wildman–Crippen MR) is 75.9 cm³/mol. The van der Waals surface area contributed by atoms with Gasteiger partial charge in [-0.25, -0.2) is 0 Å². The van der Waals surface area contributed by atoms with Crippen molar-refractivity contribution in [2.45, 2.75) is 38.6 Å². The minimum absolute atomic E-state index is 0.120. The Balaban J connectivity index is 2.03. The van der Waals surface area contributed by atoms with E-state index in [1.54, 1.807) is 11.7 Å². The minimum Gasteiger partial charge on any atom is -0.388 e. The van der Waals surface area contributed by atoms with E-state index in [-0.39, 0.29) is 12.5 Å². The second-order valence-corrected chi connectivity index (χ2v) is 5.46. The van der Waals surface area contributed by atoms with E-state index < -0.39 is 18.2 Å². The second kappa shape index (κ2) is 6.55. The zero-order chi connectivity index (χ0) is 15.6. The molecule has 0 saturated carbocycles. The van der Waals surface area contributed by atoms with Crippen molar-refractivity contribution in [3.05, 3.63) is 17.5 Å². The lowest BCUT2D eigenvalue weighted by Crippen LogP contribution is -2.57. The van der Waals surface area contributed by atoms with Crippen LogP contribution in [0.25, 0.3) is 0 Å². The van der Waals surface area contributed by atoms with Gasteiger partial charge in [-0.2, -0.15) is 5.10 Å². The third-order valence-electron chi connectivity index (χ3n) is 3.93. The van der Waals surface area contributed by atoms with Crippen molar-refractivity contribution in [3.8, 4) is 0 Å². The highest BCUT2D eigenvalue weighted by atomic mass is 16.5. The molecule has 1 fully saturated rings. The number of methoxy groups -OCH3 is 1. The number of nitrogens with zero attached hydrogens (tertiary/aromatic N) is 3. The summed E-state index contributed by atoms with van der Waals surface area (Å²) in [4.78, 5) is 13.9. The summed E-state index contributed by atoms with van der Waals surface area (Å²) in [5.74, 6) is -0.120. The van der Waals surface area contributed by atoms with E-state index in [9.17, 15) is 9.90 Å². The lowest BCUT2D eigenvalue weighted by Gasteiger charge is -2.38. The first-order valence-electron chi connectivity index (χ1n) is 6.99. The lowest BCUT2D eigenvalue weighted by atomic mass is 10.0. The Kier molecular flexibility index (Phi) is 4.97. The standard InChI is InChI=1S/C14H23N3O4/c1-9-5-10(2)17(15-9)6-13(18)16(3)11-7-21-8-12(20-4)14(11)19/h5,11-12,14,19H,6-8H2,1-4H3/t11-,12-,14+/m1/s1. The number of carbonyl (C=O) groups is 1. The van der Waals surface area contributed by atoms with Crippen LogP contribution in [0.2, 0.25) is 0 Å². The van der Waals surface area contributed by atoms with Crippen molar-refractivity contribution in [3.63, 3.8) is 0 Å². The van der Waals surface area contributed by atoms with Gasteiger partial charge in [0, 0.05) is 19.9 Å². The molecule has 3 atom stereocenters. The Morgan fingerprint density at radius 2 is 2.29 bits per heavy atom. The highest BCUT2D eigenvalue weighted by Gasteiger charge is 2.37. The molecule has 118 valence electrons. The molecule has 0 radical (unpaired) electrons. The van der Waals surface area contributed by atoms with Gasteiger partial charge >= 0.3 is 0 Å². The number of hydrogen-bond acceptors (Lipinski definition) is 5. The molecule has 7 heteroatoms. The molecule has 1 saturated heterocycles. The molecule has 1 aliphatic rings. The molecule has 21 heavy (non-hydrogen) atoms. The Morgan fingerprint density at radius 1 is 1.57 bits per heavy atom. The molecule has 0 aromatic carbocycles. The average Bonchev–Trinajstić information content (AvgIpc) is 2.76. The summed E-state index contributed by atoms with van der Waals surface area (Å²) in [6.45, 7) is 4.59. The number of likely N-dealkylation sites (N-methyl/N-ethyl adjacent to an activating group) is 1. The summed E-state index contributed by atoms with van der Waals surface area (Å²) >= 11 is 0. The third-order valence-corrected chi connectivity index (χ3v) is 3.93. The maximum absolute atomic E-state index is 12.4. The molecule has 0 bridgehead atoms. The molecule has 1 aromatic heterocycles. The molecule has 2 rings (SSSR count). The summed E-state index contributed by atoms with van der Waals surface area (Å²) in [6, 6.07) is 1.51. The van der Waals surface area contributed by atoms with Gasteiger partial charge in [0.15, 0.2) is 0 Å².